The first-order valence-electron chi connectivity index (χ1n) is 5.26. The SMILES string of the molecule is Cc1ccccc1-c1cc(C#N)ccc1C#N. The highest BCUT2D eigenvalue weighted by atomic mass is 14.3. The van der Waals surface area contributed by atoms with Crippen molar-refractivity contribution in [3.05, 3.63) is 59.2 Å². The summed E-state index contributed by atoms with van der Waals surface area (Å²) in [5.41, 5.74) is 4.09. The summed E-state index contributed by atoms with van der Waals surface area (Å²) in [6.07, 6.45) is 0. The van der Waals surface area contributed by atoms with E-state index in [1.807, 2.05) is 31.2 Å². The Kier molecular flexibility index (Phi) is 2.90. The molecule has 0 radical (unpaired) electrons. The zero-order valence-corrected chi connectivity index (χ0v) is 9.44. The Morgan fingerprint density at radius 3 is 2.29 bits per heavy atom. The lowest BCUT2D eigenvalue weighted by molar-refractivity contribution is 1.41. The number of benzene rings is 2. The summed E-state index contributed by atoms with van der Waals surface area (Å²) in [4.78, 5) is 0. The zero-order valence-electron chi connectivity index (χ0n) is 9.44. The summed E-state index contributed by atoms with van der Waals surface area (Å²) in [7, 11) is 0. The molecule has 2 aromatic carbocycles. The van der Waals surface area contributed by atoms with Gasteiger partial charge in [0.2, 0.25) is 0 Å². The van der Waals surface area contributed by atoms with E-state index in [0.29, 0.717) is 11.1 Å². The number of aryl methyl sites for hydroxylation is 1. The Hall–Kier alpha value is -2.58. The number of hydrogen-bond donors (Lipinski definition) is 0. The Bertz CT molecular complexity index is 643. The molecule has 0 atom stereocenters. The smallest absolute Gasteiger partial charge is 0.0998 e. The Morgan fingerprint density at radius 2 is 1.65 bits per heavy atom. The molecule has 2 heteroatoms. The zero-order chi connectivity index (χ0) is 12.3. The minimum absolute atomic E-state index is 0.572. The van der Waals surface area contributed by atoms with Gasteiger partial charge in [0.05, 0.1) is 23.3 Å². The van der Waals surface area contributed by atoms with Crippen molar-refractivity contribution in [3.8, 4) is 23.3 Å². The maximum atomic E-state index is 9.10. The van der Waals surface area contributed by atoms with Gasteiger partial charge in [0, 0.05) is 5.56 Å². The van der Waals surface area contributed by atoms with E-state index >= 15 is 0 Å². The highest BCUT2D eigenvalue weighted by Crippen LogP contribution is 2.27. The van der Waals surface area contributed by atoms with Crippen LogP contribution in [0.1, 0.15) is 16.7 Å². The molecular formula is C15H10N2. The van der Waals surface area contributed by atoms with Gasteiger partial charge >= 0.3 is 0 Å². The summed E-state index contributed by atoms with van der Waals surface area (Å²) < 4.78 is 0. The second-order valence-corrected chi connectivity index (χ2v) is 3.80. The summed E-state index contributed by atoms with van der Waals surface area (Å²) in [5, 5.41) is 18.0. The Labute approximate surface area is 100 Å². The molecule has 0 fully saturated rings. The fourth-order valence-corrected chi connectivity index (χ4v) is 1.81. The van der Waals surface area contributed by atoms with Gasteiger partial charge in [-0.3, -0.25) is 0 Å². The third kappa shape index (κ3) is 2.02. The van der Waals surface area contributed by atoms with Crippen LogP contribution in [0, 0.1) is 29.6 Å². The minimum atomic E-state index is 0.572. The molecule has 0 unspecified atom stereocenters. The largest absolute Gasteiger partial charge is 0.192 e. The maximum Gasteiger partial charge on any atom is 0.0998 e. The van der Waals surface area contributed by atoms with Crippen LogP contribution < -0.4 is 0 Å². The van der Waals surface area contributed by atoms with Gasteiger partial charge in [0.1, 0.15) is 0 Å². The highest BCUT2D eigenvalue weighted by molar-refractivity contribution is 5.74. The molecule has 0 saturated carbocycles. The topological polar surface area (TPSA) is 47.6 Å². The molecule has 0 aliphatic heterocycles. The van der Waals surface area contributed by atoms with Crippen molar-refractivity contribution >= 4 is 0 Å². The number of nitriles is 2. The first-order chi connectivity index (χ1) is 8.26. The molecule has 80 valence electrons. The summed E-state index contributed by atoms with van der Waals surface area (Å²) in [6.45, 7) is 2.00. The van der Waals surface area contributed by atoms with Gasteiger partial charge in [0.15, 0.2) is 0 Å². The third-order valence-corrected chi connectivity index (χ3v) is 2.70. The lowest BCUT2D eigenvalue weighted by Gasteiger charge is -2.07. The van der Waals surface area contributed by atoms with Crippen molar-refractivity contribution in [2.45, 2.75) is 6.92 Å². The average molecular weight is 218 g/mol. The molecule has 2 rings (SSSR count). The van der Waals surface area contributed by atoms with Gasteiger partial charge in [-0.15, -0.1) is 0 Å². The number of rotatable bonds is 1. The van der Waals surface area contributed by atoms with E-state index in [-0.39, 0.29) is 0 Å². The first-order valence-corrected chi connectivity index (χ1v) is 5.26. The standard InChI is InChI=1S/C15H10N2/c1-11-4-2-3-5-14(11)15-8-12(9-16)6-7-13(15)10-17/h2-8H,1H3. The van der Waals surface area contributed by atoms with Gasteiger partial charge in [0.25, 0.3) is 0 Å². The van der Waals surface area contributed by atoms with Crippen molar-refractivity contribution in [2.24, 2.45) is 0 Å². The molecule has 0 spiro atoms. The van der Waals surface area contributed by atoms with E-state index in [1.54, 1.807) is 18.2 Å². The lowest BCUT2D eigenvalue weighted by Crippen LogP contribution is -1.89. The van der Waals surface area contributed by atoms with Crippen molar-refractivity contribution in [3.63, 3.8) is 0 Å². The van der Waals surface area contributed by atoms with E-state index in [4.69, 9.17) is 10.5 Å². The second kappa shape index (κ2) is 4.51. The molecule has 2 nitrogen and oxygen atoms in total. The molecule has 0 saturated heterocycles. The minimum Gasteiger partial charge on any atom is -0.192 e. The fourth-order valence-electron chi connectivity index (χ4n) is 1.81. The van der Waals surface area contributed by atoms with Crippen LogP contribution in [0.4, 0.5) is 0 Å². The predicted octanol–water partition coefficient (Wildman–Crippen LogP) is 3.41. The van der Waals surface area contributed by atoms with Crippen molar-refractivity contribution < 1.29 is 0 Å². The van der Waals surface area contributed by atoms with Crippen LogP contribution in [0.3, 0.4) is 0 Å². The Balaban J connectivity index is 2.71. The van der Waals surface area contributed by atoms with Crippen LogP contribution in [-0.4, -0.2) is 0 Å². The van der Waals surface area contributed by atoms with Gasteiger partial charge in [-0.05, 0) is 36.2 Å². The Morgan fingerprint density at radius 1 is 0.882 bits per heavy atom. The predicted molar refractivity (Wildman–Crippen MR) is 66.0 cm³/mol. The van der Waals surface area contributed by atoms with Crippen molar-refractivity contribution in [2.75, 3.05) is 0 Å². The number of nitrogens with zero attached hydrogens (tertiary/aromatic N) is 2. The molecule has 0 aromatic heterocycles. The van der Waals surface area contributed by atoms with Crippen molar-refractivity contribution in [1.82, 2.24) is 0 Å². The first kappa shape index (κ1) is 10.9. The summed E-state index contributed by atoms with van der Waals surface area (Å²) >= 11 is 0. The quantitative estimate of drug-likeness (QED) is 0.736. The van der Waals surface area contributed by atoms with Crippen LogP contribution in [0.15, 0.2) is 42.5 Å². The second-order valence-electron chi connectivity index (χ2n) is 3.80. The molecule has 2 aromatic rings. The van der Waals surface area contributed by atoms with E-state index in [1.165, 1.54) is 0 Å². The molecule has 0 amide bonds. The maximum absolute atomic E-state index is 9.10. The van der Waals surface area contributed by atoms with Gasteiger partial charge in [-0.1, -0.05) is 24.3 Å². The van der Waals surface area contributed by atoms with Crippen LogP contribution in [0.25, 0.3) is 11.1 Å². The average Bonchev–Trinajstić information content (AvgIpc) is 2.38. The molecule has 0 N–H and O–H groups in total. The molecular weight excluding hydrogens is 208 g/mol. The molecule has 0 aliphatic carbocycles. The molecule has 0 bridgehead atoms. The molecule has 0 heterocycles. The van der Waals surface area contributed by atoms with E-state index in [2.05, 4.69) is 12.1 Å². The van der Waals surface area contributed by atoms with E-state index < -0.39 is 0 Å². The van der Waals surface area contributed by atoms with Crippen LogP contribution in [0.2, 0.25) is 0 Å². The van der Waals surface area contributed by atoms with Crippen LogP contribution in [-0.2, 0) is 0 Å². The van der Waals surface area contributed by atoms with Gasteiger partial charge in [-0.2, -0.15) is 10.5 Å². The van der Waals surface area contributed by atoms with E-state index in [0.717, 1.165) is 16.7 Å². The highest BCUT2D eigenvalue weighted by Gasteiger charge is 2.07. The monoisotopic (exact) mass is 218 g/mol. The van der Waals surface area contributed by atoms with Crippen LogP contribution in [0.5, 0.6) is 0 Å². The third-order valence-electron chi connectivity index (χ3n) is 2.70. The van der Waals surface area contributed by atoms with Crippen molar-refractivity contribution in [1.29, 1.82) is 10.5 Å². The van der Waals surface area contributed by atoms with Gasteiger partial charge in [-0.25, -0.2) is 0 Å². The molecule has 17 heavy (non-hydrogen) atoms. The fraction of sp³-hybridized carbons (Fsp3) is 0.0667. The summed E-state index contributed by atoms with van der Waals surface area (Å²) in [5.74, 6) is 0. The normalized spacial score (nSPS) is 9.35. The van der Waals surface area contributed by atoms with E-state index in [9.17, 15) is 0 Å². The molecule has 0 aliphatic rings. The number of hydrogen-bond acceptors (Lipinski definition) is 2. The van der Waals surface area contributed by atoms with Gasteiger partial charge < -0.3 is 0 Å². The van der Waals surface area contributed by atoms with Crippen LogP contribution >= 0.6 is 0 Å². The summed E-state index contributed by atoms with van der Waals surface area (Å²) in [6, 6.07) is 17.2. The lowest BCUT2D eigenvalue weighted by atomic mass is 9.95.